The smallest absolute Gasteiger partial charge is 0.250 e. The fourth-order valence-electron chi connectivity index (χ4n) is 3.02. The summed E-state index contributed by atoms with van der Waals surface area (Å²) in [5, 5.41) is 4.64. The number of thiophene rings is 1. The van der Waals surface area contributed by atoms with E-state index in [1.807, 2.05) is 5.38 Å². The summed E-state index contributed by atoms with van der Waals surface area (Å²) in [7, 11) is -3.39. The molecule has 4 rings (SSSR count). The van der Waals surface area contributed by atoms with Crippen LogP contribution in [0, 0.1) is 0 Å². The molecule has 0 amide bonds. The number of nitrogens with zero attached hydrogens (tertiary/aromatic N) is 4. The number of likely N-dealkylation sites (tertiary alicyclic amines) is 1. The molecular weight excluding hydrogens is 402 g/mol. The first-order valence-corrected chi connectivity index (χ1v) is 11.8. The van der Waals surface area contributed by atoms with Crippen molar-refractivity contribution in [2.24, 2.45) is 0 Å². The molecule has 3 aromatic heterocycles. The summed E-state index contributed by atoms with van der Waals surface area (Å²) >= 11 is 2.79. The van der Waals surface area contributed by atoms with Crippen LogP contribution in [0.15, 0.2) is 45.6 Å². The topological polar surface area (TPSA) is 88.1 Å². The van der Waals surface area contributed by atoms with Crippen molar-refractivity contribution >= 4 is 32.7 Å². The first-order valence-electron chi connectivity index (χ1n) is 8.60. The summed E-state index contributed by atoms with van der Waals surface area (Å²) < 4.78 is 27.9. The summed E-state index contributed by atoms with van der Waals surface area (Å²) in [6, 6.07) is 5.16. The summed E-state index contributed by atoms with van der Waals surface area (Å²) in [5.41, 5.74) is 1.00. The maximum atomic E-state index is 12.3. The van der Waals surface area contributed by atoms with Gasteiger partial charge in [0.05, 0.1) is 5.69 Å². The molecule has 7 nitrogen and oxygen atoms in total. The highest BCUT2D eigenvalue weighted by molar-refractivity contribution is 7.91. The minimum atomic E-state index is -3.39. The molecule has 0 unspecified atom stereocenters. The molecule has 0 aromatic carbocycles. The van der Waals surface area contributed by atoms with E-state index >= 15 is 0 Å². The van der Waals surface area contributed by atoms with Gasteiger partial charge in [-0.3, -0.25) is 4.90 Å². The van der Waals surface area contributed by atoms with Gasteiger partial charge in [0.25, 0.3) is 0 Å². The van der Waals surface area contributed by atoms with Crippen molar-refractivity contribution < 1.29 is 8.42 Å². The van der Waals surface area contributed by atoms with Crippen LogP contribution in [0.5, 0.6) is 0 Å². The molecule has 0 radical (unpaired) electrons. The lowest BCUT2D eigenvalue weighted by molar-refractivity contribution is 0.198. The molecule has 0 bridgehead atoms. The van der Waals surface area contributed by atoms with Crippen LogP contribution in [-0.4, -0.2) is 47.4 Å². The average molecular weight is 422 g/mol. The second-order valence-electron chi connectivity index (χ2n) is 6.32. The molecule has 142 valence electrons. The van der Waals surface area contributed by atoms with E-state index in [4.69, 9.17) is 0 Å². The van der Waals surface area contributed by atoms with Gasteiger partial charge in [0.1, 0.15) is 4.21 Å². The number of hydrogen-bond donors (Lipinski definition) is 1. The zero-order valence-electron chi connectivity index (χ0n) is 14.5. The standard InChI is InChI=1S/C17H19N5O2S3/c23-27(24,15-3-1-10-25-15)21-13-4-8-22(9-5-13)11-14-12-26-17(20-14)16-18-6-2-7-19-16/h1-3,6-7,10,12-13,21H,4-5,8-9,11H2. The van der Waals surface area contributed by atoms with Gasteiger partial charge in [-0.05, 0) is 30.4 Å². The van der Waals surface area contributed by atoms with E-state index in [0.29, 0.717) is 10.0 Å². The Morgan fingerprint density at radius 2 is 1.93 bits per heavy atom. The Morgan fingerprint density at radius 3 is 2.63 bits per heavy atom. The zero-order chi connectivity index (χ0) is 18.7. The van der Waals surface area contributed by atoms with Crippen molar-refractivity contribution in [2.45, 2.75) is 29.6 Å². The summed E-state index contributed by atoms with van der Waals surface area (Å²) in [5.74, 6) is 0.649. The first-order chi connectivity index (χ1) is 13.1. The van der Waals surface area contributed by atoms with Crippen LogP contribution in [0.4, 0.5) is 0 Å². The maximum Gasteiger partial charge on any atom is 0.250 e. The fourth-order valence-corrected chi connectivity index (χ4v) is 6.09. The molecule has 0 saturated carbocycles. The van der Waals surface area contributed by atoms with Gasteiger partial charge < -0.3 is 0 Å². The summed E-state index contributed by atoms with van der Waals surface area (Å²) in [6.45, 7) is 2.44. The minimum absolute atomic E-state index is 0.0166. The molecule has 1 aliphatic rings. The van der Waals surface area contributed by atoms with Crippen molar-refractivity contribution in [2.75, 3.05) is 13.1 Å². The monoisotopic (exact) mass is 421 g/mol. The molecule has 10 heteroatoms. The number of thiazole rings is 1. The molecule has 0 spiro atoms. The van der Waals surface area contributed by atoms with E-state index in [-0.39, 0.29) is 6.04 Å². The van der Waals surface area contributed by atoms with Crippen LogP contribution in [0.2, 0.25) is 0 Å². The molecule has 4 heterocycles. The van der Waals surface area contributed by atoms with Crippen LogP contribution in [-0.2, 0) is 16.6 Å². The predicted octanol–water partition coefficient (Wildman–Crippen LogP) is 2.60. The van der Waals surface area contributed by atoms with E-state index in [1.165, 1.54) is 11.3 Å². The van der Waals surface area contributed by atoms with Gasteiger partial charge in [0.2, 0.25) is 10.0 Å². The second kappa shape index (κ2) is 8.11. The number of aromatic nitrogens is 3. The predicted molar refractivity (Wildman–Crippen MR) is 106 cm³/mol. The van der Waals surface area contributed by atoms with E-state index in [2.05, 4.69) is 24.6 Å². The lowest BCUT2D eigenvalue weighted by Gasteiger charge is -2.31. The molecule has 0 aliphatic carbocycles. The van der Waals surface area contributed by atoms with Crippen LogP contribution in [0.25, 0.3) is 10.8 Å². The van der Waals surface area contributed by atoms with Crippen LogP contribution < -0.4 is 4.72 Å². The van der Waals surface area contributed by atoms with Crippen LogP contribution in [0.3, 0.4) is 0 Å². The van der Waals surface area contributed by atoms with Gasteiger partial charge in [-0.1, -0.05) is 6.07 Å². The van der Waals surface area contributed by atoms with Gasteiger partial charge in [-0.2, -0.15) is 0 Å². The van der Waals surface area contributed by atoms with Gasteiger partial charge in [0, 0.05) is 43.4 Å². The molecule has 1 saturated heterocycles. The van der Waals surface area contributed by atoms with Crippen LogP contribution in [0.1, 0.15) is 18.5 Å². The minimum Gasteiger partial charge on any atom is -0.297 e. The molecule has 27 heavy (non-hydrogen) atoms. The van der Waals surface area contributed by atoms with Gasteiger partial charge in [0.15, 0.2) is 10.8 Å². The Balaban J connectivity index is 1.31. The quantitative estimate of drug-likeness (QED) is 0.658. The van der Waals surface area contributed by atoms with Gasteiger partial charge >= 0.3 is 0 Å². The summed E-state index contributed by atoms with van der Waals surface area (Å²) in [4.78, 5) is 15.4. The Morgan fingerprint density at radius 1 is 1.15 bits per heavy atom. The molecule has 1 fully saturated rings. The number of hydrogen-bond acceptors (Lipinski definition) is 8. The molecule has 1 N–H and O–H groups in total. The number of piperidine rings is 1. The average Bonchev–Trinajstić information content (AvgIpc) is 3.36. The van der Waals surface area contributed by atoms with E-state index in [9.17, 15) is 8.42 Å². The third-order valence-electron chi connectivity index (χ3n) is 4.36. The highest BCUT2D eigenvalue weighted by Gasteiger charge is 2.25. The SMILES string of the molecule is O=S(=O)(NC1CCN(Cc2csc(-c3ncccn3)n2)CC1)c1cccs1. The molecule has 0 atom stereocenters. The third-order valence-corrected chi connectivity index (χ3v) is 8.17. The molecule has 3 aromatic rings. The van der Waals surface area contributed by atoms with Crippen molar-refractivity contribution in [3.05, 3.63) is 47.0 Å². The van der Waals surface area contributed by atoms with Crippen molar-refractivity contribution in [3.63, 3.8) is 0 Å². The van der Waals surface area contributed by atoms with Crippen molar-refractivity contribution in [3.8, 4) is 10.8 Å². The Labute approximate surface area is 166 Å². The van der Waals surface area contributed by atoms with Crippen molar-refractivity contribution in [1.29, 1.82) is 0 Å². The Bertz CT molecular complexity index is 965. The normalized spacial score (nSPS) is 16.6. The van der Waals surface area contributed by atoms with Crippen LogP contribution >= 0.6 is 22.7 Å². The second-order valence-corrected chi connectivity index (χ2v) is 10.1. The lowest BCUT2D eigenvalue weighted by Crippen LogP contribution is -2.44. The van der Waals surface area contributed by atoms with Gasteiger partial charge in [-0.15, -0.1) is 22.7 Å². The fraction of sp³-hybridized carbons (Fsp3) is 0.353. The number of sulfonamides is 1. The maximum absolute atomic E-state index is 12.3. The summed E-state index contributed by atoms with van der Waals surface area (Å²) in [6.07, 6.45) is 5.02. The highest BCUT2D eigenvalue weighted by Crippen LogP contribution is 2.22. The molecule has 1 aliphatic heterocycles. The zero-order valence-corrected chi connectivity index (χ0v) is 16.9. The molecular formula is C17H19N5O2S3. The Hall–Kier alpha value is -1.72. The largest absolute Gasteiger partial charge is 0.297 e. The lowest BCUT2D eigenvalue weighted by atomic mass is 10.1. The van der Waals surface area contributed by atoms with E-state index in [1.54, 1.807) is 47.3 Å². The third kappa shape index (κ3) is 4.58. The number of rotatable bonds is 6. The van der Waals surface area contributed by atoms with E-state index < -0.39 is 10.0 Å². The first kappa shape index (κ1) is 18.6. The number of nitrogens with one attached hydrogen (secondary N) is 1. The Kier molecular flexibility index (Phi) is 5.60. The van der Waals surface area contributed by atoms with Gasteiger partial charge in [-0.25, -0.2) is 28.1 Å². The highest BCUT2D eigenvalue weighted by atomic mass is 32.2. The van der Waals surface area contributed by atoms with Crippen molar-refractivity contribution in [1.82, 2.24) is 24.6 Å². The van der Waals surface area contributed by atoms with E-state index in [0.717, 1.165) is 43.2 Å².